The number of para-hydroxylation sites is 1. The van der Waals surface area contributed by atoms with Gasteiger partial charge in [-0.15, -0.1) is 0 Å². The topological polar surface area (TPSA) is 52.7 Å². The van der Waals surface area contributed by atoms with E-state index < -0.39 is 0 Å². The SMILES string of the molecule is CCN(C(=O)C(C)N(C)CC(=O)NC(C)(C)C)c1ccccc1. The Bertz CT molecular complexity index is 523. The molecule has 0 fully saturated rings. The third-order valence-corrected chi connectivity index (χ3v) is 3.58. The summed E-state index contributed by atoms with van der Waals surface area (Å²) in [6.45, 7) is 10.4. The number of carbonyl (C=O) groups is 2. The van der Waals surface area contributed by atoms with Crippen LogP contribution in [0, 0.1) is 0 Å². The fourth-order valence-corrected chi connectivity index (χ4v) is 2.31. The second-order valence-corrected chi connectivity index (χ2v) is 6.81. The standard InChI is InChI=1S/C18H29N3O2/c1-7-21(15-11-9-8-10-12-15)17(23)14(2)20(6)13-16(22)19-18(3,4)5/h8-12,14H,7,13H2,1-6H3,(H,19,22). The first-order valence-electron chi connectivity index (χ1n) is 8.03. The molecule has 128 valence electrons. The Labute approximate surface area is 139 Å². The second kappa shape index (κ2) is 8.11. The van der Waals surface area contributed by atoms with Gasteiger partial charge < -0.3 is 10.2 Å². The molecule has 0 bridgehead atoms. The number of hydrogen-bond donors (Lipinski definition) is 1. The maximum atomic E-state index is 12.7. The molecule has 0 saturated carbocycles. The van der Waals surface area contributed by atoms with Crippen molar-refractivity contribution in [1.82, 2.24) is 10.2 Å². The van der Waals surface area contributed by atoms with Gasteiger partial charge in [-0.3, -0.25) is 14.5 Å². The molecule has 0 aliphatic carbocycles. The van der Waals surface area contributed by atoms with Crippen LogP contribution in [0.25, 0.3) is 0 Å². The lowest BCUT2D eigenvalue weighted by Gasteiger charge is -2.30. The minimum atomic E-state index is -0.374. The summed E-state index contributed by atoms with van der Waals surface area (Å²) in [4.78, 5) is 28.3. The number of rotatable bonds is 6. The van der Waals surface area contributed by atoms with E-state index in [9.17, 15) is 9.59 Å². The first kappa shape index (κ1) is 19.2. The Hall–Kier alpha value is -1.88. The first-order chi connectivity index (χ1) is 10.7. The van der Waals surface area contributed by atoms with Crippen LogP contribution in [0.5, 0.6) is 0 Å². The van der Waals surface area contributed by atoms with E-state index in [0.717, 1.165) is 5.69 Å². The molecule has 23 heavy (non-hydrogen) atoms. The molecule has 5 heteroatoms. The van der Waals surface area contributed by atoms with Crippen molar-refractivity contribution >= 4 is 17.5 Å². The largest absolute Gasteiger partial charge is 0.350 e. The van der Waals surface area contributed by atoms with Crippen molar-refractivity contribution in [2.24, 2.45) is 0 Å². The van der Waals surface area contributed by atoms with Gasteiger partial charge in [0.15, 0.2) is 0 Å². The molecule has 1 N–H and O–H groups in total. The molecule has 5 nitrogen and oxygen atoms in total. The third-order valence-electron chi connectivity index (χ3n) is 3.58. The Morgan fingerprint density at radius 3 is 2.22 bits per heavy atom. The minimum Gasteiger partial charge on any atom is -0.350 e. The van der Waals surface area contributed by atoms with E-state index in [-0.39, 0.29) is 29.9 Å². The predicted molar refractivity (Wildman–Crippen MR) is 94.5 cm³/mol. The highest BCUT2D eigenvalue weighted by Crippen LogP contribution is 2.15. The van der Waals surface area contributed by atoms with Crippen LogP contribution in [0.4, 0.5) is 5.69 Å². The zero-order valence-corrected chi connectivity index (χ0v) is 15.1. The number of anilines is 1. The molecule has 1 unspecified atom stereocenters. The number of amides is 2. The van der Waals surface area contributed by atoms with Crippen molar-refractivity contribution in [1.29, 1.82) is 0 Å². The van der Waals surface area contributed by atoms with E-state index in [1.807, 2.05) is 65.0 Å². The van der Waals surface area contributed by atoms with Crippen molar-refractivity contribution < 1.29 is 9.59 Å². The number of nitrogens with one attached hydrogen (secondary N) is 1. The second-order valence-electron chi connectivity index (χ2n) is 6.81. The van der Waals surface area contributed by atoms with E-state index in [4.69, 9.17) is 0 Å². The summed E-state index contributed by atoms with van der Waals surface area (Å²) in [6, 6.07) is 9.21. The van der Waals surface area contributed by atoms with Gasteiger partial charge in [0.2, 0.25) is 11.8 Å². The van der Waals surface area contributed by atoms with Crippen LogP contribution in [-0.2, 0) is 9.59 Å². The van der Waals surface area contributed by atoms with Gasteiger partial charge in [-0.25, -0.2) is 0 Å². The van der Waals surface area contributed by atoms with E-state index in [2.05, 4.69) is 5.32 Å². The van der Waals surface area contributed by atoms with Gasteiger partial charge in [-0.05, 0) is 53.8 Å². The van der Waals surface area contributed by atoms with Crippen molar-refractivity contribution in [2.75, 3.05) is 25.0 Å². The summed E-state index contributed by atoms with van der Waals surface area (Å²) in [7, 11) is 1.80. The molecular formula is C18H29N3O2. The number of hydrogen-bond acceptors (Lipinski definition) is 3. The van der Waals surface area contributed by atoms with Crippen LogP contribution in [0.3, 0.4) is 0 Å². The number of carbonyl (C=O) groups excluding carboxylic acids is 2. The normalized spacial score (nSPS) is 12.8. The molecule has 0 spiro atoms. The molecule has 0 heterocycles. The van der Waals surface area contributed by atoms with Crippen molar-refractivity contribution in [3.8, 4) is 0 Å². The van der Waals surface area contributed by atoms with E-state index >= 15 is 0 Å². The van der Waals surface area contributed by atoms with Gasteiger partial charge >= 0.3 is 0 Å². The summed E-state index contributed by atoms with van der Waals surface area (Å²) in [6.07, 6.45) is 0. The monoisotopic (exact) mass is 319 g/mol. The lowest BCUT2D eigenvalue weighted by Crippen LogP contribution is -2.51. The van der Waals surface area contributed by atoms with Crippen LogP contribution in [0.15, 0.2) is 30.3 Å². The molecule has 1 aromatic carbocycles. The highest BCUT2D eigenvalue weighted by Gasteiger charge is 2.26. The van der Waals surface area contributed by atoms with Gasteiger partial charge in [0.05, 0.1) is 12.6 Å². The lowest BCUT2D eigenvalue weighted by atomic mass is 10.1. The quantitative estimate of drug-likeness (QED) is 0.875. The van der Waals surface area contributed by atoms with Gasteiger partial charge in [0.25, 0.3) is 0 Å². The smallest absolute Gasteiger partial charge is 0.244 e. The Morgan fingerprint density at radius 1 is 1.17 bits per heavy atom. The van der Waals surface area contributed by atoms with E-state index in [0.29, 0.717) is 6.54 Å². The van der Waals surface area contributed by atoms with Crippen LogP contribution < -0.4 is 10.2 Å². The summed E-state index contributed by atoms with van der Waals surface area (Å²) in [5, 5.41) is 2.91. The maximum absolute atomic E-state index is 12.7. The highest BCUT2D eigenvalue weighted by atomic mass is 16.2. The summed E-state index contributed by atoms with van der Waals surface area (Å²) >= 11 is 0. The van der Waals surface area contributed by atoms with Gasteiger partial charge in [0.1, 0.15) is 0 Å². The van der Waals surface area contributed by atoms with Gasteiger partial charge in [-0.1, -0.05) is 18.2 Å². The molecule has 0 aliphatic heterocycles. The van der Waals surface area contributed by atoms with Crippen LogP contribution >= 0.6 is 0 Å². The zero-order chi connectivity index (χ0) is 17.6. The molecule has 0 aliphatic rings. The van der Waals surface area contributed by atoms with E-state index in [1.165, 1.54) is 0 Å². The van der Waals surface area contributed by atoms with Gasteiger partial charge in [0, 0.05) is 17.8 Å². The zero-order valence-electron chi connectivity index (χ0n) is 15.1. The number of nitrogens with zero attached hydrogens (tertiary/aromatic N) is 2. The van der Waals surface area contributed by atoms with Crippen LogP contribution in [-0.4, -0.2) is 48.4 Å². The number of benzene rings is 1. The lowest BCUT2D eigenvalue weighted by molar-refractivity contribution is -0.126. The first-order valence-corrected chi connectivity index (χ1v) is 8.03. The van der Waals surface area contributed by atoms with Gasteiger partial charge in [-0.2, -0.15) is 0 Å². The molecule has 1 rings (SSSR count). The average molecular weight is 319 g/mol. The Kier molecular flexibility index (Phi) is 6.76. The van der Waals surface area contributed by atoms with Crippen molar-refractivity contribution in [3.63, 3.8) is 0 Å². The molecule has 1 atom stereocenters. The van der Waals surface area contributed by atoms with Crippen molar-refractivity contribution in [2.45, 2.75) is 46.2 Å². The predicted octanol–water partition coefficient (Wildman–Crippen LogP) is 2.27. The molecular weight excluding hydrogens is 290 g/mol. The average Bonchev–Trinajstić information content (AvgIpc) is 2.46. The Balaban J connectivity index is 2.72. The minimum absolute atomic E-state index is 0.00948. The molecule has 0 saturated heterocycles. The maximum Gasteiger partial charge on any atom is 0.244 e. The fraction of sp³-hybridized carbons (Fsp3) is 0.556. The summed E-state index contributed by atoms with van der Waals surface area (Å²) in [5.41, 5.74) is 0.601. The van der Waals surface area contributed by atoms with E-state index in [1.54, 1.807) is 16.8 Å². The van der Waals surface area contributed by atoms with Crippen LogP contribution in [0.1, 0.15) is 34.6 Å². The summed E-state index contributed by atoms with van der Waals surface area (Å²) < 4.78 is 0. The fourth-order valence-electron chi connectivity index (χ4n) is 2.31. The van der Waals surface area contributed by atoms with Crippen LogP contribution in [0.2, 0.25) is 0 Å². The highest BCUT2D eigenvalue weighted by molar-refractivity contribution is 5.97. The molecule has 0 aromatic heterocycles. The third kappa shape index (κ3) is 6.02. The molecule has 2 amide bonds. The number of likely N-dealkylation sites (N-methyl/N-ethyl adjacent to an activating group) is 2. The molecule has 1 aromatic rings. The van der Waals surface area contributed by atoms with Crippen molar-refractivity contribution in [3.05, 3.63) is 30.3 Å². The Morgan fingerprint density at radius 2 is 1.74 bits per heavy atom. The molecule has 0 radical (unpaired) electrons. The summed E-state index contributed by atoms with van der Waals surface area (Å²) in [5.74, 6) is -0.0906.